The van der Waals surface area contributed by atoms with Gasteiger partial charge in [0.25, 0.3) is 0 Å². The average Bonchev–Trinajstić information content (AvgIpc) is 2.31. The Balaban J connectivity index is 2.38. The number of aromatic nitrogens is 1. The molecule has 1 saturated carbocycles. The van der Waals surface area contributed by atoms with E-state index in [0.29, 0.717) is 5.56 Å². The summed E-state index contributed by atoms with van der Waals surface area (Å²) >= 11 is 0. The molecule has 0 aromatic carbocycles. The Bertz CT molecular complexity index is 445. The molecule has 1 aromatic heterocycles. The molecule has 0 saturated heterocycles. The zero-order valence-corrected chi connectivity index (χ0v) is 9.15. The minimum absolute atomic E-state index is 0.0805. The third kappa shape index (κ3) is 2.05. The van der Waals surface area contributed by atoms with Crippen LogP contribution < -0.4 is 0 Å². The fourth-order valence-corrected chi connectivity index (χ4v) is 2.24. The fourth-order valence-electron chi connectivity index (χ4n) is 2.24. The molecule has 0 unspecified atom stereocenters. The number of rotatable bonds is 2. The van der Waals surface area contributed by atoms with Gasteiger partial charge in [0, 0.05) is 19.0 Å². The Morgan fingerprint density at radius 1 is 1.35 bits per heavy atom. The Morgan fingerprint density at radius 2 is 2.00 bits per heavy atom. The Kier molecular flexibility index (Phi) is 2.92. The summed E-state index contributed by atoms with van der Waals surface area (Å²) in [5.41, 5.74) is -0.617. The Morgan fingerprint density at radius 3 is 2.47 bits per heavy atom. The standard InChI is InChI=1S/C12H12FNO3/c13-10-2-1-8(7-14-10)12(11(16)17)5-3-9(15)4-6-12/h1-2,7H,3-6H2,(H,16,17). The number of carboxylic acid groups (broad SMARTS) is 1. The van der Waals surface area contributed by atoms with Crippen molar-refractivity contribution >= 4 is 11.8 Å². The molecular formula is C12H12FNO3. The third-order valence-corrected chi connectivity index (χ3v) is 3.35. The molecule has 4 nitrogen and oxygen atoms in total. The van der Waals surface area contributed by atoms with E-state index < -0.39 is 17.3 Å². The molecule has 1 N–H and O–H groups in total. The second-order valence-electron chi connectivity index (χ2n) is 4.30. The van der Waals surface area contributed by atoms with Gasteiger partial charge in [0.05, 0.1) is 5.41 Å². The van der Waals surface area contributed by atoms with Crippen LogP contribution in [0, 0.1) is 5.95 Å². The predicted octanol–water partition coefficient (Wildman–Crippen LogP) is 1.69. The van der Waals surface area contributed by atoms with Gasteiger partial charge in [0.15, 0.2) is 0 Å². The van der Waals surface area contributed by atoms with Crippen molar-refractivity contribution in [1.29, 1.82) is 0 Å². The number of aliphatic carboxylic acids is 1. The van der Waals surface area contributed by atoms with Gasteiger partial charge < -0.3 is 5.11 Å². The first-order valence-corrected chi connectivity index (χ1v) is 5.42. The lowest BCUT2D eigenvalue weighted by Gasteiger charge is -2.32. The summed E-state index contributed by atoms with van der Waals surface area (Å²) in [7, 11) is 0. The van der Waals surface area contributed by atoms with Crippen LogP contribution in [0.15, 0.2) is 18.3 Å². The van der Waals surface area contributed by atoms with E-state index in [1.807, 2.05) is 0 Å². The zero-order chi connectivity index (χ0) is 12.5. The van der Waals surface area contributed by atoms with Crippen LogP contribution in [-0.2, 0) is 15.0 Å². The molecule has 5 heteroatoms. The van der Waals surface area contributed by atoms with Crippen molar-refractivity contribution in [3.8, 4) is 0 Å². The number of ketones is 1. The number of hydrogen-bond acceptors (Lipinski definition) is 3. The van der Waals surface area contributed by atoms with Gasteiger partial charge in [-0.25, -0.2) is 4.98 Å². The van der Waals surface area contributed by atoms with Crippen LogP contribution in [0.5, 0.6) is 0 Å². The van der Waals surface area contributed by atoms with Gasteiger partial charge in [-0.1, -0.05) is 6.07 Å². The van der Waals surface area contributed by atoms with Gasteiger partial charge in [-0.05, 0) is 24.5 Å². The van der Waals surface area contributed by atoms with Crippen molar-refractivity contribution in [2.75, 3.05) is 0 Å². The summed E-state index contributed by atoms with van der Waals surface area (Å²) in [6.45, 7) is 0. The number of hydrogen-bond donors (Lipinski definition) is 1. The second kappa shape index (κ2) is 4.24. The maximum Gasteiger partial charge on any atom is 0.314 e. The van der Waals surface area contributed by atoms with Gasteiger partial charge in [-0.3, -0.25) is 9.59 Å². The quantitative estimate of drug-likeness (QED) is 0.795. The van der Waals surface area contributed by atoms with E-state index in [1.165, 1.54) is 12.3 Å². The summed E-state index contributed by atoms with van der Waals surface area (Å²) in [5.74, 6) is -1.53. The molecule has 0 aliphatic heterocycles. The molecular weight excluding hydrogens is 225 g/mol. The number of halogens is 1. The number of pyridine rings is 1. The molecule has 0 radical (unpaired) electrons. The van der Waals surface area contributed by atoms with Crippen LogP contribution in [0.25, 0.3) is 0 Å². The normalized spacial score (nSPS) is 19.0. The summed E-state index contributed by atoms with van der Waals surface area (Å²) in [6, 6.07) is 2.59. The van der Waals surface area contributed by atoms with Crippen LogP contribution in [0.4, 0.5) is 4.39 Å². The first-order valence-electron chi connectivity index (χ1n) is 5.42. The van der Waals surface area contributed by atoms with Crippen molar-refractivity contribution in [1.82, 2.24) is 4.98 Å². The molecule has 1 fully saturated rings. The van der Waals surface area contributed by atoms with Crippen LogP contribution >= 0.6 is 0 Å². The van der Waals surface area contributed by atoms with Gasteiger partial charge in [-0.2, -0.15) is 4.39 Å². The van der Waals surface area contributed by atoms with E-state index >= 15 is 0 Å². The van der Waals surface area contributed by atoms with Crippen molar-refractivity contribution in [2.45, 2.75) is 31.1 Å². The summed E-state index contributed by atoms with van der Waals surface area (Å²) in [6.07, 6.45) is 2.27. The number of carboxylic acids is 1. The topological polar surface area (TPSA) is 67.3 Å². The van der Waals surface area contributed by atoms with Gasteiger partial charge in [-0.15, -0.1) is 0 Å². The largest absolute Gasteiger partial charge is 0.481 e. The number of carbonyl (C=O) groups is 2. The second-order valence-corrected chi connectivity index (χ2v) is 4.30. The minimum atomic E-state index is -1.09. The summed E-state index contributed by atoms with van der Waals surface area (Å²) in [4.78, 5) is 26.1. The van der Waals surface area contributed by atoms with Gasteiger partial charge in [0.1, 0.15) is 5.78 Å². The molecule has 0 atom stereocenters. The average molecular weight is 237 g/mol. The molecule has 17 heavy (non-hydrogen) atoms. The van der Waals surface area contributed by atoms with Crippen molar-refractivity contribution in [2.24, 2.45) is 0 Å². The lowest BCUT2D eigenvalue weighted by atomic mass is 9.69. The number of Topliss-reactive ketones (excluding diaryl/α,β-unsaturated/α-hetero) is 1. The third-order valence-electron chi connectivity index (χ3n) is 3.35. The SMILES string of the molecule is O=C1CCC(C(=O)O)(c2ccc(F)nc2)CC1. The molecule has 1 aliphatic carbocycles. The van der Waals surface area contributed by atoms with E-state index in [-0.39, 0.29) is 31.5 Å². The zero-order valence-electron chi connectivity index (χ0n) is 9.15. The monoisotopic (exact) mass is 237 g/mol. The Labute approximate surface area is 97.5 Å². The number of carbonyl (C=O) groups excluding carboxylic acids is 1. The lowest BCUT2D eigenvalue weighted by Crippen LogP contribution is -2.39. The van der Waals surface area contributed by atoms with Gasteiger partial charge in [0.2, 0.25) is 5.95 Å². The van der Waals surface area contributed by atoms with Crippen LogP contribution in [-0.4, -0.2) is 21.8 Å². The van der Waals surface area contributed by atoms with Gasteiger partial charge >= 0.3 is 5.97 Å². The highest BCUT2D eigenvalue weighted by atomic mass is 19.1. The van der Waals surface area contributed by atoms with E-state index in [9.17, 15) is 19.1 Å². The molecule has 0 spiro atoms. The van der Waals surface area contributed by atoms with Crippen LogP contribution in [0.2, 0.25) is 0 Å². The predicted molar refractivity (Wildman–Crippen MR) is 57.0 cm³/mol. The van der Waals surface area contributed by atoms with Crippen LogP contribution in [0.3, 0.4) is 0 Å². The van der Waals surface area contributed by atoms with E-state index in [2.05, 4.69) is 4.98 Å². The maximum atomic E-state index is 12.7. The fraction of sp³-hybridized carbons (Fsp3) is 0.417. The van der Waals surface area contributed by atoms with Crippen molar-refractivity contribution in [3.05, 3.63) is 29.8 Å². The highest BCUT2D eigenvalue weighted by Crippen LogP contribution is 2.38. The molecule has 2 rings (SSSR count). The van der Waals surface area contributed by atoms with Crippen molar-refractivity contribution in [3.63, 3.8) is 0 Å². The molecule has 1 aliphatic rings. The molecule has 90 valence electrons. The highest BCUT2D eigenvalue weighted by Gasteiger charge is 2.43. The van der Waals surface area contributed by atoms with E-state index in [1.54, 1.807) is 0 Å². The first kappa shape index (κ1) is 11.7. The van der Waals surface area contributed by atoms with E-state index in [4.69, 9.17) is 0 Å². The molecule has 0 bridgehead atoms. The smallest absolute Gasteiger partial charge is 0.314 e. The lowest BCUT2D eigenvalue weighted by molar-refractivity contribution is -0.146. The molecule has 0 amide bonds. The van der Waals surface area contributed by atoms with E-state index in [0.717, 1.165) is 6.07 Å². The highest BCUT2D eigenvalue weighted by molar-refractivity contribution is 5.87. The minimum Gasteiger partial charge on any atom is -0.481 e. The number of nitrogens with zero attached hydrogens (tertiary/aromatic N) is 1. The summed E-state index contributed by atoms with van der Waals surface area (Å²) < 4.78 is 12.7. The Hall–Kier alpha value is -1.78. The summed E-state index contributed by atoms with van der Waals surface area (Å²) in [5, 5.41) is 9.36. The first-order chi connectivity index (χ1) is 8.04. The molecule has 1 aromatic rings. The molecule has 1 heterocycles. The van der Waals surface area contributed by atoms with Crippen molar-refractivity contribution < 1.29 is 19.1 Å². The van der Waals surface area contributed by atoms with Crippen LogP contribution in [0.1, 0.15) is 31.2 Å². The maximum absolute atomic E-state index is 12.7.